The van der Waals surface area contributed by atoms with Crippen LogP contribution in [0.3, 0.4) is 0 Å². The molecule has 1 aromatic heterocycles. The quantitative estimate of drug-likeness (QED) is 0.616. The van der Waals surface area contributed by atoms with Crippen LogP contribution in [0.25, 0.3) is 0 Å². The summed E-state index contributed by atoms with van der Waals surface area (Å²) >= 11 is 7.86. The lowest BCUT2D eigenvalue weighted by molar-refractivity contribution is 1.08. The van der Waals surface area contributed by atoms with Crippen LogP contribution in [0, 0.1) is 11.3 Å². The van der Waals surface area contributed by atoms with E-state index in [1.54, 1.807) is 18.0 Å². The van der Waals surface area contributed by atoms with Crippen LogP contribution in [0.5, 0.6) is 0 Å². The molecule has 1 N–H and O–H groups in total. The summed E-state index contributed by atoms with van der Waals surface area (Å²) < 4.78 is 0. The fourth-order valence-electron chi connectivity index (χ4n) is 2.84. The van der Waals surface area contributed by atoms with Crippen molar-refractivity contribution < 1.29 is 0 Å². The zero-order valence-electron chi connectivity index (χ0n) is 12.5. The highest BCUT2D eigenvalue weighted by Crippen LogP contribution is 2.50. The van der Waals surface area contributed by atoms with E-state index >= 15 is 0 Å². The zero-order chi connectivity index (χ0) is 16.5. The molecule has 116 valence electrons. The van der Waals surface area contributed by atoms with Gasteiger partial charge in [0, 0.05) is 22.3 Å². The van der Waals surface area contributed by atoms with E-state index in [2.05, 4.69) is 34.6 Å². The van der Waals surface area contributed by atoms with Crippen LogP contribution in [0.15, 0.2) is 65.7 Å². The Morgan fingerprint density at radius 3 is 2.58 bits per heavy atom. The van der Waals surface area contributed by atoms with E-state index in [0.717, 1.165) is 16.9 Å². The van der Waals surface area contributed by atoms with Gasteiger partial charge in [-0.2, -0.15) is 5.26 Å². The third kappa shape index (κ3) is 2.52. The summed E-state index contributed by atoms with van der Waals surface area (Å²) in [6, 6.07) is 20.5. The number of thioether (sulfide) groups is 1. The minimum atomic E-state index is 0.0525. The first kappa shape index (κ1) is 15.1. The monoisotopic (exact) mass is 349 g/mol. The van der Waals surface area contributed by atoms with Crippen molar-refractivity contribution in [2.24, 2.45) is 0 Å². The molecule has 1 aliphatic heterocycles. The lowest BCUT2D eigenvalue weighted by Crippen LogP contribution is -2.13. The maximum atomic E-state index is 9.48. The maximum absolute atomic E-state index is 9.48. The van der Waals surface area contributed by atoms with Crippen molar-refractivity contribution in [2.75, 3.05) is 5.32 Å². The van der Waals surface area contributed by atoms with Crippen molar-refractivity contribution in [2.45, 2.75) is 10.1 Å². The number of benzene rings is 2. The maximum Gasteiger partial charge on any atom is 0.148 e. The summed E-state index contributed by atoms with van der Waals surface area (Å²) in [6.45, 7) is 0. The number of hydrogen-bond donors (Lipinski definition) is 1. The number of rotatable bonds is 2. The summed E-state index contributed by atoms with van der Waals surface area (Å²) in [5, 5.41) is 13.1. The van der Waals surface area contributed by atoms with Gasteiger partial charge in [0.05, 0.1) is 10.9 Å². The van der Waals surface area contributed by atoms with Crippen LogP contribution in [-0.4, -0.2) is 4.98 Å². The molecule has 0 saturated heterocycles. The molecule has 3 nitrogen and oxygen atoms in total. The largest absolute Gasteiger partial charge is 0.354 e. The number of pyridine rings is 1. The van der Waals surface area contributed by atoms with Gasteiger partial charge in [0.1, 0.15) is 16.8 Å². The second-order valence-corrected chi connectivity index (χ2v) is 6.93. The van der Waals surface area contributed by atoms with Gasteiger partial charge < -0.3 is 5.32 Å². The Labute approximate surface area is 149 Å². The van der Waals surface area contributed by atoms with Crippen molar-refractivity contribution in [1.82, 2.24) is 4.98 Å². The van der Waals surface area contributed by atoms with E-state index in [1.165, 1.54) is 10.5 Å². The molecular formula is C19H12ClN3S. The van der Waals surface area contributed by atoms with Crippen LogP contribution < -0.4 is 5.32 Å². The van der Waals surface area contributed by atoms with Crippen molar-refractivity contribution in [3.63, 3.8) is 0 Å². The highest BCUT2D eigenvalue weighted by molar-refractivity contribution is 7.99. The summed E-state index contributed by atoms with van der Waals surface area (Å²) in [5.74, 6) is 0. The third-order valence-corrected chi connectivity index (χ3v) is 5.53. The molecule has 0 aliphatic carbocycles. The topological polar surface area (TPSA) is 48.7 Å². The van der Waals surface area contributed by atoms with Gasteiger partial charge in [-0.3, -0.25) is 0 Å². The molecule has 0 bridgehead atoms. The molecule has 0 amide bonds. The molecule has 2 aromatic carbocycles. The number of para-hydroxylation sites is 1. The van der Waals surface area contributed by atoms with Crippen LogP contribution >= 0.6 is 23.4 Å². The van der Waals surface area contributed by atoms with E-state index in [9.17, 15) is 5.26 Å². The summed E-state index contributed by atoms with van der Waals surface area (Å²) in [6.07, 6.45) is 1.77. The Hall–Kier alpha value is -2.48. The number of nitrogens with one attached hydrogen (secondary N) is 1. The molecule has 0 fully saturated rings. The van der Waals surface area contributed by atoms with E-state index in [1.807, 2.05) is 36.4 Å². The number of fused-ring (bicyclic) bond motifs is 2. The number of halogens is 1. The standard InChI is InChI=1S/C19H12ClN3S/c20-19-14(10-21)17-15(11-22-19)18(24-12-6-2-1-3-7-12)13-8-4-5-9-16(13)23-17/h1-9,11,18,23H/t18-/m0/s1. The smallest absolute Gasteiger partial charge is 0.148 e. The molecular weight excluding hydrogens is 338 g/mol. The first-order valence-corrected chi connectivity index (χ1v) is 8.70. The lowest BCUT2D eigenvalue weighted by Gasteiger charge is -2.29. The molecule has 0 saturated carbocycles. The average Bonchev–Trinajstić information content (AvgIpc) is 2.62. The van der Waals surface area contributed by atoms with Crippen molar-refractivity contribution >= 4 is 34.7 Å². The molecule has 5 heteroatoms. The van der Waals surface area contributed by atoms with Gasteiger partial charge in [-0.05, 0) is 23.8 Å². The first-order valence-electron chi connectivity index (χ1n) is 7.44. The summed E-state index contributed by atoms with van der Waals surface area (Å²) in [7, 11) is 0. The Morgan fingerprint density at radius 1 is 1.04 bits per heavy atom. The van der Waals surface area contributed by atoms with Gasteiger partial charge in [0.15, 0.2) is 0 Å². The number of aromatic nitrogens is 1. The number of anilines is 2. The predicted octanol–water partition coefficient (Wildman–Crippen LogP) is 5.55. The van der Waals surface area contributed by atoms with Gasteiger partial charge >= 0.3 is 0 Å². The highest BCUT2D eigenvalue weighted by Gasteiger charge is 2.29. The highest BCUT2D eigenvalue weighted by atomic mass is 35.5. The van der Waals surface area contributed by atoms with E-state index < -0.39 is 0 Å². The van der Waals surface area contributed by atoms with Crippen LogP contribution in [0.2, 0.25) is 5.15 Å². The van der Waals surface area contributed by atoms with Gasteiger partial charge in [0.2, 0.25) is 0 Å². The normalized spacial score (nSPS) is 14.9. The second-order valence-electron chi connectivity index (χ2n) is 5.39. The Bertz CT molecular complexity index is 951. The molecule has 0 unspecified atom stereocenters. The van der Waals surface area contributed by atoms with Crippen LogP contribution in [-0.2, 0) is 0 Å². The average molecular weight is 350 g/mol. The third-order valence-electron chi connectivity index (χ3n) is 3.96. The molecule has 24 heavy (non-hydrogen) atoms. The minimum absolute atomic E-state index is 0.0525. The zero-order valence-corrected chi connectivity index (χ0v) is 14.1. The van der Waals surface area contributed by atoms with Gasteiger partial charge in [-0.25, -0.2) is 4.98 Å². The van der Waals surface area contributed by atoms with Crippen molar-refractivity contribution in [3.8, 4) is 6.07 Å². The molecule has 2 heterocycles. The second kappa shape index (κ2) is 6.20. The Balaban J connectivity index is 1.89. The number of hydrogen-bond acceptors (Lipinski definition) is 4. The van der Waals surface area contributed by atoms with E-state index in [4.69, 9.17) is 11.6 Å². The first-order chi connectivity index (χ1) is 11.8. The van der Waals surface area contributed by atoms with E-state index in [0.29, 0.717) is 5.56 Å². The Kier molecular flexibility index (Phi) is 3.89. The fraction of sp³-hybridized carbons (Fsp3) is 0.0526. The molecule has 1 atom stereocenters. The number of nitrogens with zero attached hydrogens (tertiary/aromatic N) is 2. The molecule has 0 radical (unpaired) electrons. The molecule has 1 aliphatic rings. The molecule has 0 spiro atoms. The molecule has 4 rings (SSSR count). The summed E-state index contributed by atoms with van der Waals surface area (Å²) in [5.41, 5.74) is 4.29. The minimum Gasteiger partial charge on any atom is -0.354 e. The van der Waals surface area contributed by atoms with E-state index in [-0.39, 0.29) is 10.4 Å². The van der Waals surface area contributed by atoms with Crippen LogP contribution in [0.1, 0.15) is 21.9 Å². The summed E-state index contributed by atoms with van der Waals surface area (Å²) in [4.78, 5) is 5.38. The predicted molar refractivity (Wildman–Crippen MR) is 97.8 cm³/mol. The number of nitriles is 1. The Morgan fingerprint density at radius 2 is 1.79 bits per heavy atom. The lowest BCUT2D eigenvalue weighted by atomic mass is 9.96. The van der Waals surface area contributed by atoms with Crippen molar-refractivity contribution in [1.29, 1.82) is 5.26 Å². The SMILES string of the molecule is N#Cc1c(Cl)ncc2c1Nc1ccccc1[C@@H]2Sc1ccccc1. The molecule has 3 aromatic rings. The van der Waals surface area contributed by atoms with Gasteiger partial charge in [-0.15, -0.1) is 11.8 Å². The fourth-order valence-corrected chi connectivity index (χ4v) is 4.25. The van der Waals surface area contributed by atoms with Gasteiger partial charge in [-0.1, -0.05) is 48.0 Å². The van der Waals surface area contributed by atoms with Crippen LogP contribution in [0.4, 0.5) is 11.4 Å². The van der Waals surface area contributed by atoms with Gasteiger partial charge in [0.25, 0.3) is 0 Å². The van der Waals surface area contributed by atoms with Crippen molar-refractivity contribution in [3.05, 3.63) is 82.6 Å².